The van der Waals surface area contributed by atoms with Crippen molar-refractivity contribution in [3.8, 4) is 5.75 Å². The Kier molecular flexibility index (Phi) is 38.3. The van der Waals surface area contributed by atoms with E-state index in [9.17, 15) is 58.2 Å². The molecule has 3 aromatic carbocycles. The van der Waals surface area contributed by atoms with Crippen molar-refractivity contribution in [1.82, 2.24) is 98.0 Å². The number of hydrogen-bond donors (Lipinski definition) is 19. The number of Topliss-reactive ketones (excluding diaryl/α,β-unsaturated/α-hetero) is 1. The molecule has 4 aliphatic rings. The zero-order valence-corrected chi connectivity index (χ0v) is 77.5. The molecule has 44 heteroatoms. The van der Waals surface area contributed by atoms with Crippen molar-refractivity contribution >= 4 is 146 Å². The molecule has 4 fully saturated rings. The fourth-order valence-corrected chi connectivity index (χ4v) is 18.2. The van der Waals surface area contributed by atoms with E-state index in [0.717, 1.165) is 26.5 Å². The van der Waals surface area contributed by atoms with Crippen LogP contribution in [0.1, 0.15) is 159 Å². The van der Waals surface area contributed by atoms with Gasteiger partial charge in [0.25, 0.3) is 0 Å². The highest BCUT2D eigenvalue weighted by atomic mass is 32.2. The fraction of sp³-hybridized carbons (Fsp3) is 0.522. The minimum atomic E-state index is -1.81. The van der Waals surface area contributed by atoms with Gasteiger partial charge in [0, 0.05) is 136 Å². The molecular weight excluding hydrogens is 1780 g/mol. The number of aliphatic hydroxyl groups excluding tert-OH is 1. The molecule has 2 bridgehead atoms. The Morgan fingerprint density at radius 1 is 0.537 bits per heavy atom. The van der Waals surface area contributed by atoms with E-state index < -0.39 is 272 Å². The number of rotatable bonds is 22. The van der Waals surface area contributed by atoms with Crippen molar-refractivity contribution in [2.45, 2.75) is 247 Å². The number of phenolic OH excluding ortho intramolecular Hbond substituents is 1. The molecule has 3 aromatic heterocycles. The lowest BCUT2D eigenvalue weighted by molar-refractivity contribution is -0.149. The van der Waals surface area contributed by atoms with E-state index in [-0.39, 0.29) is 95.2 Å². The number of ketones is 1. The number of amides is 18. The van der Waals surface area contributed by atoms with Crippen LogP contribution in [-0.4, -0.2) is 298 Å². The van der Waals surface area contributed by atoms with Gasteiger partial charge in [0.2, 0.25) is 106 Å². The Balaban J connectivity index is 1.06. The molecule has 0 aliphatic carbocycles. The van der Waals surface area contributed by atoms with E-state index in [2.05, 4.69) is 78.4 Å². The van der Waals surface area contributed by atoms with Crippen molar-refractivity contribution in [2.24, 2.45) is 23.1 Å². The smallest absolute Gasteiger partial charge is 0.246 e. The van der Waals surface area contributed by atoms with Crippen LogP contribution in [0, 0.1) is 5.92 Å². The number of primary amides is 3. The third kappa shape index (κ3) is 29.1. The highest BCUT2D eigenvalue weighted by Gasteiger charge is 2.47. The van der Waals surface area contributed by atoms with E-state index in [4.69, 9.17) is 17.2 Å². The number of nitrogens with zero attached hydrogens (tertiary/aromatic N) is 5. The van der Waals surface area contributed by atoms with Crippen LogP contribution in [0.2, 0.25) is 0 Å². The maximum atomic E-state index is 15.9. The number of carbonyl (C=O) groups is 19. The van der Waals surface area contributed by atoms with Gasteiger partial charge in [-0.1, -0.05) is 88.1 Å². The number of phenols is 1. The fourth-order valence-electron chi connectivity index (χ4n) is 17.3. The van der Waals surface area contributed by atoms with E-state index in [0.29, 0.717) is 64.2 Å². The van der Waals surface area contributed by atoms with Crippen LogP contribution in [0.3, 0.4) is 0 Å². The molecule has 0 unspecified atom stereocenters. The summed E-state index contributed by atoms with van der Waals surface area (Å²) in [5.41, 5.74) is 19.9. The summed E-state index contributed by atoms with van der Waals surface area (Å²) >= 11 is 0.734. The van der Waals surface area contributed by atoms with Gasteiger partial charge in [0.15, 0.2) is 5.78 Å². The molecule has 734 valence electrons. The number of H-pyrrole nitrogens is 3. The first-order chi connectivity index (χ1) is 65.0. The molecule has 4 saturated heterocycles. The molecule has 0 spiro atoms. The van der Waals surface area contributed by atoms with Crippen LogP contribution < -0.4 is 75.7 Å². The number of carbonyl (C=O) groups excluding carboxylic acids is 19. The van der Waals surface area contributed by atoms with Gasteiger partial charge in [-0.3, -0.25) is 91.1 Å². The zero-order valence-electron chi connectivity index (χ0n) is 76.7. The summed E-state index contributed by atoms with van der Waals surface area (Å²) in [5.74, 6) is -20.4. The van der Waals surface area contributed by atoms with Crippen molar-refractivity contribution < 1.29 is 101 Å². The summed E-state index contributed by atoms with van der Waals surface area (Å²) in [6, 6.07) is -0.801. The van der Waals surface area contributed by atoms with Crippen LogP contribution in [0.5, 0.6) is 5.75 Å². The molecule has 0 radical (unpaired) electrons. The normalized spacial score (nSPS) is 25.4. The van der Waals surface area contributed by atoms with Crippen LogP contribution >= 0.6 is 11.8 Å². The molecular formula is C92H124N22O21S. The second-order valence-corrected chi connectivity index (χ2v) is 36.0. The maximum absolute atomic E-state index is 15.9. The average Bonchev–Trinajstić information content (AvgIpc) is 1.62. The maximum Gasteiger partial charge on any atom is 0.246 e. The third-order valence-electron chi connectivity index (χ3n) is 24.8. The number of aliphatic hydroxyl groups is 1. The quantitative estimate of drug-likeness (QED) is 0.0345. The van der Waals surface area contributed by atoms with Gasteiger partial charge in [-0.15, -0.1) is 11.8 Å². The summed E-state index contributed by atoms with van der Waals surface area (Å²) < 4.78 is 0. The second kappa shape index (κ2) is 50.0. The van der Waals surface area contributed by atoms with Gasteiger partial charge in [-0.05, 0) is 112 Å². The Labute approximate surface area is 788 Å². The van der Waals surface area contributed by atoms with Gasteiger partial charge in [0.1, 0.15) is 78.3 Å². The Bertz CT molecular complexity index is 5320. The molecule has 7 heterocycles. The monoisotopic (exact) mass is 1900 g/mol. The number of imidazole rings is 1. The first-order valence-electron chi connectivity index (χ1n) is 45.9. The average molecular weight is 1910 g/mol. The lowest BCUT2D eigenvalue weighted by Crippen LogP contribution is -2.60. The van der Waals surface area contributed by atoms with Crippen molar-refractivity contribution in [2.75, 3.05) is 51.8 Å². The number of nitrogens with two attached hydrogens (primary N) is 3. The number of unbranched alkanes of at least 4 members (excludes halogenated alkanes) is 2. The summed E-state index contributed by atoms with van der Waals surface area (Å²) in [6.07, 6.45) is 1.10. The van der Waals surface area contributed by atoms with Gasteiger partial charge >= 0.3 is 0 Å². The predicted octanol–water partition coefficient (Wildman–Crippen LogP) is -2.14. The van der Waals surface area contributed by atoms with Crippen molar-refractivity contribution in [3.05, 3.63) is 120 Å². The van der Waals surface area contributed by atoms with Gasteiger partial charge in [-0.2, -0.15) is 0 Å². The Morgan fingerprint density at radius 2 is 1.14 bits per heavy atom. The summed E-state index contributed by atoms with van der Waals surface area (Å²) in [7, 11) is 2.74. The number of thioether (sulfide) groups is 1. The third-order valence-corrected chi connectivity index (χ3v) is 25.8. The van der Waals surface area contributed by atoms with Crippen LogP contribution in [0.15, 0.2) is 97.7 Å². The number of fused-ring (bicyclic) bond motifs is 13. The minimum Gasteiger partial charge on any atom is -0.508 e. The number of benzene rings is 3. The van der Waals surface area contributed by atoms with E-state index >= 15 is 43.2 Å². The van der Waals surface area contributed by atoms with E-state index in [1.54, 1.807) is 60.9 Å². The van der Waals surface area contributed by atoms with Crippen LogP contribution in [-0.2, 0) is 117 Å². The highest BCUT2D eigenvalue weighted by Crippen LogP contribution is 2.30. The van der Waals surface area contributed by atoms with Gasteiger partial charge in [0.05, 0.1) is 37.2 Å². The predicted molar refractivity (Wildman–Crippen MR) is 495 cm³/mol. The number of aromatic hydroxyl groups is 1. The zero-order chi connectivity index (χ0) is 98.6. The summed E-state index contributed by atoms with van der Waals surface area (Å²) in [5, 5.41) is 52.2. The first kappa shape index (κ1) is 104. The molecule has 10 rings (SSSR count). The SMILES string of the molecule is CCCC[C@H]1C(=O)N(C)[C@@H](CCCC)C(=O)N[C@H]2CCC(=O)NCCCC[C@H](NC(=O)[C@H](Cc3c[nH]c4ccccc34)CC(=O)[C@@H]3C[C@@H](O)CN3C(=O)[C@H](CCC(N)=O)NC(=O)[C@H](Cc3cnc[nH]3)NC(=O)[C@@H]3CCCN3C(=O)[C@H](CC(N)=O)NC(=O)[C@@H](C)NC(=O)[C@H](Cc3ccc(O)cc3)NC(=O)CSC[C@@H](C(=O)NCC(N)=O)NC2=O)C(=O)N[C@@H](Cc2c[nH]c3ccccc23)C(=O)N1C. The molecule has 22 N–H and O–H groups in total. The lowest BCUT2D eigenvalue weighted by Gasteiger charge is -2.36. The molecule has 4 aliphatic heterocycles. The Hall–Kier alpha value is -13.8. The van der Waals surface area contributed by atoms with Gasteiger partial charge < -0.3 is 120 Å². The van der Waals surface area contributed by atoms with Crippen LogP contribution in [0.4, 0.5) is 0 Å². The second-order valence-electron chi connectivity index (χ2n) is 35.0. The van der Waals surface area contributed by atoms with Gasteiger partial charge in [-0.25, -0.2) is 4.98 Å². The number of hydrogen-bond acceptors (Lipinski definition) is 23. The largest absolute Gasteiger partial charge is 0.508 e. The molecule has 18 amide bonds. The standard InChI is InChI=1S/C92H124N22O21S/c1-6-8-22-70-87(130)105-63-30-32-78(121)97-33-15-14-21-62(83(126)109-67(37-54-43-99-61-20-13-11-18-59(54)61)89(132)112(5)72(23-9-7-2)92(135)111(70)4)104-81(124)52(36-53-42-98-60-19-12-10-17-58(53)60)38-74(117)73-40-57(116)46-114(73)90(133)64(29-31-75(93)118)106-86(129)66(39-55-44-96-49-101-55)107-88(131)71-24-16-34-113(71)91(134)68(41-76(94)119)108-80(123)50(3)102-85(128)65(35-51-25-27-56(115)28-26-51)103-79(122)48-136-47-69(110-84(63)127)82(125)100-45-77(95)120/h10-13,17-20,25-28,42-44,49-50,52,57,62-73,98-99,115-116H,6-9,14-16,21-24,29-41,45-48H2,1-5H3,(H2,93,118)(H2,94,119)(H2,95,120)(H,96,101)(H,97,121)(H,100,125)(H,102,128)(H,103,122)(H,104,124)(H,105,130)(H,106,129)(H,107,131)(H,108,123)(H,109,126)(H,110,127)/t50-,52-,57-,62+,63+,64+,65+,66+,67+,68+,69+,70+,71+,72+,73+/m1/s1. The van der Waals surface area contributed by atoms with E-state index in [1.807, 2.05) is 13.8 Å². The molecule has 43 nitrogen and oxygen atoms in total. The molecule has 136 heavy (non-hydrogen) atoms. The van der Waals surface area contributed by atoms with Crippen LogP contribution in [0.25, 0.3) is 21.8 Å². The summed E-state index contributed by atoms with van der Waals surface area (Å²) in [6.45, 7) is 3.36. The molecule has 6 aromatic rings. The molecule has 15 atom stereocenters. The number of aromatic nitrogens is 4. The van der Waals surface area contributed by atoms with Crippen molar-refractivity contribution in [1.29, 1.82) is 0 Å². The molecule has 0 saturated carbocycles. The minimum absolute atomic E-state index is 0.0142. The topological polar surface area (TPSA) is 648 Å². The number of nitrogens with one attached hydrogen (secondary N) is 14. The summed E-state index contributed by atoms with van der Waals surface area (Å²) in [4.78, 5) is 297. The first-order valence-corrected chi connectivity index (χ1v) is 47.0. The number of likely N-dealkylation sites (N-methyl/N-ethyl adjacent to an activating group) is 2. The lowest BCUT2D eigenvalue weighted by atomic mass is 9.90. The Morgan fingerprint density at radius 3 is 1.79 bits per heavy atom. The number of aromatic amines is 3. The van der Waals surface area contributed by atoms with E-state index in [1.165, 1.54) is 62.7 Å². The van der Waals surface area contributed by atoms with Crippen molar-refractivity contribution in [3.63, 3.8) is 0 Å². The highest BCUT2D eigenvalue weighted by molar-refractivity contribution is 8.00. The number of para-hydroxylation sites is 2.